The van der Waals surface area contributed by atoms with Gasteiger partial charge < -0.3 is 0 Å². The fourth-order valence-electron chi connectivity index (χ4n) is 1.92. The Labute approximate surface area is 93.2 Å². The normalized spacial score (nSPS) is 12.7. The van der Waals surface area contributed by atoms with Crippen molar-refractivity contribution in [1.29, 1.82) is 0 Å². The van der Waals surface area contributed by atoms with E-state index in [0.29, 0.717) is 5.92 Å². The molecule has 84 valence electrons. The Bertz CT molecular complexity index is 284. The number of hydrogen-bond donors (Lipinski definition) is 0. The summed E-state index contributed by atoms with van der Waals surface area (Å²) in [6.07, 6.45) is 10.2. The second kappa shape index (κ2) is 6.54. The third-order valence-corrected chi connectivity index (χ3v) is 2.97. The van der Waals surface area contributed by atoms with Gasteiger partial charge in [-0.3, -0.25) is 0 Å². The molecule has 0 aliphatic rings. The summed E-state index contributed by atoms with van der Waals surface area (Å²) in [5.74, 6) is 0.600. The second-order valence-corrected chi connectivity index (χ2v) is 4.31. The molecule has 1 rings (SSSR count). The molecule has 1 aromatic rings. The SMILES string of the molecule is CCCCCCC(C)c1cncnc1C. The van der Waals surface area contributed by atoms with E-state index in [9.17, 15) is 0 Å². The molecule has 0 N–H and O–H groups in total. The van der Waals surface area contributed by atoms with Gasteiger partial charge in [0.1, 0.15) is 6.33 Å². The summed E-state index contributed by atoms with van der Waals surface area (Å²) in [4.78, 5) is 8.33. The van der Waals surface area contributed by atoms with E-state index < -0.39 is 0 Å². The van der Waals surface area contributed by atoms with E-state index in [1.807, 2.05) is 6.20 Å². The maximum atomic E-state index is 4.23. The zero-order valence-corrected chi connectivity index (χ0v) is 10.2. The first-order chi connectivity index (χ1) is 7.25. The summed E-state index contributed by atoms with van der Waals surface area (Å²) < 4.78 is 0. The Morgan fingerprint density at radius 2 is 2.07 bits per heavy atom. The zero-order valence-electron chi connectivity index (χ0n) is 10.2. The van der Waals surface area contributed by atoms with Crippen molar-refractivity contribution in [2.45, 2.75) is 58.8 Å². The quantitative estimate of drug-likeness (QED) is 0.660. The lowest BCUT2D eigenvalue weighted by atomic mass is 9.95. The topological polar surface area (TPSA) is 25.8 Å². The van der Waals surface area contributed by atoms with Gasteiger partial charge >= 0.3 is 0 Å². The monoisotopic (exact) mass is 206 g/mol. The van der Waals surface area contributed by atoms with Crippen LogP contribution in [0.2, 0.25) is 0 Å². The highest BCUT2D eigenvalue weighted by molar-refractivity contribution is 5.18. The third kappa shape index (κ3) is 3.98. The summed E-state index contributed by atoms with van der Waals surface area (Å²) >= 11 is 0. The third-order valence-electron chi connectivity index (χ3n) is 2.97. The Morgan fingerprint density at radius 3 is 2.73 bits per heavy atom. The van der Waals surface area contributed by atoms with Crippen molar-refractivity contribution < 1.29 is 0 Å². The molecule has 1 aromatic heterocycles. The summed E-state index contributed by atoms with van der Waals surface area (Å²) in [6.45, 7) is 6.59. The number of unbranched alkanes of at least 4 members (excludes halogenated alkanes) is 3. The van der Waals surface area contributed by atoms with Crippen LogP contribution in [-0.4, -0.2) is 9.97 Å². The van der Waals surface area contributed by atoms with E-state index in [2.05, 4.69) is 30.7 Å². The van der Waals surface area contributed by atoms with Crippen LogP contribution in [0.4, 0.5) is 0 Å². The molecule has 0 saturated carbocycles. The highest BCUT2D eigenvalue weighted by Gasteiger charge is 2.08. The lowest BCUT2D eigenvalue weighted by Gasteiger charge is -2.12. The first-order valence-corrected chi connectivity index (χ1v) is 6.02. The van der Waals surface area contributed by atoms with Gasteiger partial charge in [-0.05, 0) is 24.8 Å². The molecule has 0 aromatic carbocycles. The van der Waals surface area contributed by atoms with E-state index in [4.69, 9.17) is 0 Å². The van der Waals surface area contributed by atoms with Crippen LogP contribution in [0.1, 0.15) is 63.1 Å². The van der Waals surface area contributed by atoms with Crippen molar-refractivity contribution in [3.8, 4) is 0 Å². The molecule has 0 aliphatic carbocycles. The molecular weight excluding hydrogens is 184 g/mol. The molecular formula is C13H22N2. The van der Waals surface area contributed by atoms with Gasteiger partial charge in [0.25, 0.3) is 0 Å². The molecule has 0 fully saturated rings. The maximum Gasteiger partial charge on any atom is 0.115 e. The van der Waals surface area contributed by atoms with Crippen molar-refractivity contribution >= 4 is 0 Å². The summed E-state index contributed by atoms with van der Waals surface area (Å²) in [6, 6.07) is 0. The van der Waals surface area contributed by atoms with Crippen molar-refractivity contribution in [2.75, 3.05) is 0 Å². The number of aryl methyl sites for hydroxylation is 1. The van der Waals surface area contributed by atoms with Crippen molar-refractivity contribution in [2.24, 2.45) is 0 Å². The minimum absolute atomic E-state index is 0.600. The van der Waals surface area contributed by atoms with Crippen LogP contribution in [0.25, 0.3) is 0 Å². The highest BCUT2D eigenvalue weighted by Crippen LogP contribution is 2.22. The molecule has 1 unspecified atom stereocenters. The summed E-state index contributed by atoms with van der Waals surface area (Å²) in [7, 11) is 0. The second-order valence-electron chi connectivity index (χ2n) is 4.31. The van der Waals surface area contributed by atoms with Gasteiger partial charge in [0.2, 0.25) is 0 Å². The number of hydrogen-bond acceptors (Lipinski definition) is 2. The standard InChI is InChI=1S/C13H22N2/c1-4-5-6-7-8-11(2)13-9-14-10-15-12(13)3/h9-11H,4-8H2,1-3H3. The summed E-state index contributed by atoms with van der Waals surface area (Å²) in [5.41, 5.74) is 2.45. The average molecular weight is 206 g/mol. The van der Waals surface area contributed by atoms with E-state index in [-0.39, 0.29) is 0 Å². The Morgan fingerprint density at radius 1 is 1.27 bits per heavy atom. The predicted octanol–water partition coefficient (Wildman–Crippen LogP) is 3.86. The van der Waals surface area contributed by atoms with Crippen molar-refractivity contribution in [3.63, 3.8) is 0 Å². The molecule has 1 atom stereocenters. The smallest absolute Gasteiger partial charge is 0.115 e. The van der Waals surface area contributed by atoms with Gasteiger partial charge in [0.15, 0.2) is 0 Å². The van der Waals surface area contributed by atoms with Crippen LogP contribution in [0.3, 0.4) is 0 Å². The fraction of sp³-hybridized carbons (Fsp3) is 0.692. The fourth-order valence-corrected chi connectivity index (χ4v) is 1.92. The number of aromatic nitrogens is 2. The Balaban J connectivity index is 2.40. The van der Waals surface area contributed by atoms with Crippen molar-refractivity contribution in [1.82, 2.24) is 9.97 Å². The molecule has 15 heavy (non-hydrogen) atoms. The molecule has 0 aliphatic heterocycles. The lowest BCUT2D eigenvalue weighted by Crippen LogP contribution is -1.99. The van der Waals surface area contributed by atoms with Gasteiger partial charge in [-0.15, -0.1) is 0 Å². The van der Waals surface area contributed by atoms with Crippen LogP contribution >= 0.6 is 0 Å². The van der Waals surface area contributed by atoms with E-state index >= 15 is 0 Å². The van der Waals surface area contributed by atoms with Gasteiger partial charge in [0, 0.05) is 11.9 Å². The minimum Gasteiger partial charge on any atom is -0.245 e. The molecule has 0 spiro atoms. The number of rotatable bonds is 6. The predicted molar refractivity (Wildman–Crippen MR) is 63.9 cm³/mol. The molecule has 0 radical (unpaired) electrons. The van der Waals surface area contributed by atoms with Crippen molar-refractivity contribution in [3.05, 3.63) is 23.8 Å². The van der Waals surface area contributed by atoms with Gasteiger partial charge in [-0.2, -0.15) is 0 Å². The lowest BCUT2D eigenvalue weighted by molar-refractivity contribution is 0.575. The Hall–Kier alpha value is -0.920. The number of nitrogens with zero attached hydrogens (tertiary/aromatic N) is 2. The first-order valence-electron chi connectivity index (χ1n) is 6.02. The molecule has 1 heterocycles. The van der Waals surface area contributed by atoms with Gasteiger partial charge in [-0.25, -0.2) is 9.97 Å². The molecule has 0 amide bonds. The Kier molecular flexibility index (Phi) is 5.30. The van der Waals surface area contributed by atoms with Crippen LogP contribution < -0.4 is 0 Å². The van der Waals surface area contributed by atoms with Crippen LogP contribution in [0.15, 0.2) is 12.5 Å². The van der Waals surface area contributed by atoms with E-state index in [1.165, 1.54) is 37.7 Å². The van der Waals surface area contributed by atoms with E-state index in [1.54, 1.807) is 6.33 Å². The maximum absolute atomic E-state index is 4.23. The van der Waals surface area contributed by atoms with Crippen LogP contribution in [-0.2, 0) is 0 Å². The average Bonchev–Trinajstić information content (AvgIpc) is 2.25. The van der Waals surface area contributed by atoms with Gasteiger partial charge in [-0.1, -0.05) is 39.5 Å². The summed E-state index contributed by atoms with van der Waals surface area (Å²) in [5, 5.41) is 0. The first kappa shape index (κ1) is 12.2. The molecule has 0 bridgehead atoms. The van der Waals surface area contributed by atoms with Gasteiger partial charge in [0.05, 0.1) is 0 Å². The zero-order chi connectivity index (χ0) is 11.1. The highest BCUT2D eigenvalue weighted by atomic mass is 14.8. The van der Waals surface area contributed by atoms with Crippen LogP contribution in [0.5, 0.6) is 0 Å². The minimum atomic E-state index is 0.600. The molecule has 2 nitrogen and oxygen atoms in total. The molecule has 0 saturated heterocycles. The van der Waals surface area contributed by atoms with E-state index in [0.717, 1.165) is 5.69 Å². The molecule has 2 heteroatoms. The van der Waals surface area contributed by atoms with Crippen LogP contribution in [0, 0.1) is 6.92 Å². The largest absolute Gasteiger partial charge is 0.245 e.